The fourth-order valence-electron chi connectivity index (χ4n) is 2.70. The van der Waals surface area contributed by atoms with Gasteiger partial charge < -0.3 is 5.32 Å². The second-order valence-electron chi connectivity index (χ2n) is 6.12. The first-order valence-corrected chi connectivity index (χ1v) is 9.57. The molecule has 0 bridgehead atoms. The molecule has 0 unspecified atom stereocenters. The molecule has 9 heteroatoms. The van der Waals surface area contributed by atoms with Gasteiger partial charge in [-0.1, -0.05) is 0 Å². The molecule has 8 nitrogen and oxygen atoms in total. The largest absolute Gasteiger partial charge is 0.323 e. The van der Waals surface area contributed by atoms with Crippen LogP contribution >= 0.6 is 22.6 Å². The maximum Gasteiger partial charge on any atom is 0.226 e. The van der Waals surface area contributed by atoms with Crippen molar-refractivity contribution in [2.45, 2.75) is 46.8 Å². The Morgan fingerprint density at radius 3 is 2.65 bits per heavy atom. The highest BCUT2D eigenvalue weighted by Gasteiger charge is 2.09. The van der Waals surface area contributed by atoms with Crippen LogP contribution in [0.2, 0.25) is 0 Å². The third-order valence-corrected chi connectivity index (χ3v) is 5.27. The summed E-state index contributed by atoms with van der Waals surface area (Å²) in [6.07, 6.45) is 7.68. The predicted molar refractivity (Wildman–Crippen MR) is 107 cm³/mol. The van der Waals surface area contributed by atoms with E-state index in [4.69, 9.17) is 0 Å². The molecule has 3 aromatic rings. The molecule has 0 radical (unpaired) electrons. The van der Waals surface area contributed by atoms with Crippen molar-refractivity contribution >= 4 is 34.2 Å². The molecule has 0 atom stereocenters. The van der Waals surface area contributed by atoms with E-state index in [9.17, 15) is 4.79 Å². The fraction of sp³-hybridized carbons (Fsp3) is 0.412. The summed E-state index contributed by atoms with van der Waals surface area (Å²) in [5.41, 5.74) is 3.94. The number of rotatable bonds is 7. The highest BCUT2D eigenvalue weighted by Crippen LogP contribution is 2.12. The van der Waals surface area contributed by atoms with Crippen LogP contribution in [0.5, 0.6) is 0 Å². The van der Waals surface area contributed by atoms with E-state index in [1.54, 1.807) is 15.6 Å². The molecule has 0 saturated heterocycles. The Morgan fingerprint density at radius 1 is 1.19 bits per heavy atom. The maximum atomic E-state index is 12.1. The van der Waals surface area contributed by atoms with Gasteiger partial charge in [0, 0.05) is 43.2 Å². The van der Waals surface area contributed by atoms with E-state index in [1.807, 2.05) is 30.2 Å². The Bertz CT molecular complexity index is 889. The van der Waals surface area contributed by atoms with Crippen LogP contribution in [0.4, 0.5) is 5.69 Å². The second kappa shape index (κ2) is 8.02. The second-order valence-corrected chi connectivity index (χ2v) is 7.28. The van der Waals surface area contributed by atoms with Crippen LogP contribution in [0.15, 0.2) is 24.8 Å². The molecule has 0 aliphatic carbocycles. The van der Waals surface area contributed by atoms with E-state index >= 15 is 0 Å². The number of nitrogens with one attached hydrogen (secondary N) is 1. The normalized spacial score (nSPS) is 11.1. The van der Waals surface area contributed by atoms with Crippen molar-refractivity contribution in [2.75, 3.05) is 5.32 Å². The summed E-state index contributed by atoms with van der Waals surface area (Å²) in [6.45, 7) is 8.11. The van der Waals surface area contributed by atoms with E-state index in [1.165, 1.54) is 0 Å². The number of carbonyl (C=O) groups is 1. The van der Waals surface area contributed by atoms with Gasteiger partial charge in [0.25, 0.3) is 0 Å². The van der Waals surface area contributed by atoms with E-state index in [2.05, 4.69) is 57.1 Å². The quantitative estimate of drug-likeness (QED) is 0.542. The molecule has 0 spiro atoms. The number of hydrogen-bond acceptors (Lipinski definition) is 4. The van der Waals surface area contributed by atoms with Crippen molar-refractivity contribution < 1.29 is 4.79 Å². The Balaban J connectivity index is 1.54. The monoisotopic (exact) mass is 467 g/mol. The van der Waals surface area contributed by atoms with Gasteiger partial charge >= 0.3 is 0 Å². The van der Waals surface area contributed by atoms with Crippen LogP contribution in [-0.2, 0) is 24.4 Å². The lowest BCUT2D eigenvalue weighted by molar-refractivity contribution is -0.116. The van der Waals surface area contributed by atoms with Crippen LogP contribution in [0.25, 0.3) is 0 Å². The lowest BCUT2D eigenvalue weighted by Gasteiger charge is -2.04. The SMILES string of the molecule is CCn1ncc(Cn2cc(NC(=O)CCn3cc(I)c(C)n3)cn2)c1C. The summed E-state index contributed by atoms with van der Waals surface area (Å²) in [7, 11) is 0. The van der Waals surface area contributed by atoms with Crippen LogP contribution in [0, 0.1) is 17.4 Å². The zero-order valence-corrected chi connectivity index (χ0v) is 17.3. The molecule has 138 valence electrons. The average Bonchev–Trinajstić information content (AvgIpc) is 3.28. The Labute approximate surface area is 165 Å². The van der Waals surface area contributed by atoms with E-state index < -0.39 is 0 Å². The van der Waals surface area contributed by atoms with Crippen molar-refractivity contribution in [1.29, 1.82) is 0 Å². The summed E-state index contributed by atoms with van der Waals surface area (Å²) >= 11 is 2.24. The predicted octanol–water partition coefficient (Wildman–Crippen LogP) is 2.59. The van der Waals surface area contributed by atoms with Crippen LogP contribution in [0.1, 0.15) is 30.3 Å². The zero-order valence-electron chi connectivity index (χ0n) is 15.1. The van der Waals surface area contributed by atoms with Gasteiger partial charge in [-0.3, -0.25) is 18.8 Å². The molecular formula is C17H22IN7O. The lowest BCUT2D eigenvalue weighted by Crippen LogP contribution is -2.14. The fourth-order valence-corrected chi connectivity index (χ4v) is 3.13. The average molecular weight is 467 g/mol. The third kappa shape index (κ3) is 4.32. The van der Waals surface area contributed by atoms with Crippen LogP contribution in [0.3, 0.4) is 0 Å². The molecule has 0 aliphatic rings. The maximum absolute atomic E-state index is 12.1. The molecule has 0 fully saturated rings. The van der Waals surface area contributed by atoms with Crippen LogP contribution in [-0.4, -0.2) is 35.2 Å². The minimum atomic E-state index is -0.0531. The molecule has 0 aliphatic heterocycles. The number of amides is 1. The Hall–Kier alpha value is -2.17. The molecule has 26 heavy (non-hydrogen) atoms. The van der Waals surface area contributed by atoms with Crippen molar-refractivity contribution in [3.63, 3.8) is 0 Å². The number of hydrogen-bond donors (Lipinski definition) is 1. The van der Waals surface area contributed by atoms with Gasteiger partial charge in [-0.05, 0) is 43.4 Å². The summed E-state index contributed by atoms with van der Waals surface area (Å²) in [5.74, 6) is -0.0531. The molecule has 3 heterocycles. The minimum absolute atomic E-state index is 0.0531. The Kier molecular flexibility index (Phi) is 5.74. The number of aromatic nitrogens is 6. The van der Waals surface area contributed by atoms with Gasteiger partial charge in [-0.25, -0.2) is 0 Å². The van der Waals surface area contributed by atoms with E-state index in [-0.39, 0.29) is 5.91 Å². The smallest absolute Gasteiger partial charge is 0.226 e. The summed E-state index contributed by atoms with van der Waals surface area (Å²) in [6, 6.07) is 0. The van der Waals surface area contributed by atoms with Crippen LogP contribution < -0.4 is 5.32 Å². The summed E-state index contributed by atoms with van der Waals surface area (Å²) in [5, 5.41) is 15.9. The molecule has 0 saturated carbocycles. The van der Waals surface area contributed by atoms with Gasteiger partial charge in [0.2, 0.25) is 5.91 Å². The van der Waals surface area contributed by atoms with E-state index in [0.29, 0.717) is 25.2 Å². The van der Waals surface area contributed by atoms with E-state index in [0.717, 1.165) is 27.1 Å². The number of aryl methyl sites for hydroxylation is 3. The first-order chi connectivity index (χ1) is 12.5. The molecular weight excluding hydrogens is 445 g/mol. The van der Waals surface area contributed by atoms with Crippen molar-refractivity contribution in [3.8, 4) is 0 Å². The van der Waals surface area contributed by atoms with Gasteiger partial charge in [-0.15, -0.1) is 0 Å². The standard InChI is InChI=1S/C17H22IN7O/c1-4-25-13(3)14(7-20-25)9-24-10-15(8-19-24)21-17(26)5-6-23-11-16(18)12(2)22-23/h7-8,10-11H,4-6,9H2,1-3H3,(H,21,26). The third-order valence-electron chi connectivity index (χ3n) is 4.21. The van der Waals surface area contributed by atoms with Gasteiger partial charge in [-0.2, -0.15) is 15.3 Å². The highest BCUT2D eigenvalue weighted by atomic mass is 127. The number of nitrogens with zero attached hydrogens (tertiary/aromatic N) is 6. The molecule has 1 amide bonds. The molecule has 3 rings (SSSR count). The first-order valence-electron chi connectivity index (χ1n) is 8.49. The number of halogens is 1. The van der Waals surface area contributed by atoms with Gasteiger partial charge in [0.1, 0.15) is 0 Å². The number of carbonyl (C=O) groups excluding carboxylic acids is 1. The lowest BCUT2D eigenvalue weighted by atomic mass is 10.2. The molecule has 3 aromatic heterocycles. The summed E-state index contributed by atoms with van der Waals surface area (Å²) < 4.78 is 6.67. The van der Waals surface area contributed by atoms with Gasteiger partial charge in [0.15, 0.2) is 0 Å². The molecule has 1 N–H and O–H groups in total. The first kappa shape index (κ1) is 18.6. The minimum Gasteiger partial charge on any atom is -0.323 e. The molecule has 0 aromatic carbocycles. The van der Waals surface area contributed by atoms with Crippen molar-refractivity contribution in [2.24, 2.45) is 0 Å². The van der Waals surface area contributed by atoms with Crippen molar-refractivity contribution in [1.82, 2.24) is 29.3 Å². The number of anilines is 1. The Morgan fingerprint density at radius 2 is 2.00 bits per heavy atom. The zero-order chi connectivity index (χ0) is 18.7. The highest BCUT2D eigenvalue weighted by molar-refractivity contribution is 14.1. The summed E-state index contributed by atoms with van der Waals surface area (Å²) in [4.78, 5) is 12.1. The van der Waals surface area contributed by atoms with Gasteiger partial charge in [0.05, 0.1) is 33.9 Å². The topological polar surface area (TPSA) is 82.6 Å². The van der Waals surface area contributed by atoms with Crippen molar-refractivity contribution in [3.05, 3.63) is 45.3 Å².